The van der Waals surface area contributed by atoms with Gasteiger partial charge in [-0.05, 0) is 6.92 Å². The predicted octanol–water partition coefficient (Wildman–Crippen LogP) is 3.68. The molecule has 0 aliphatic heterocycles. The van der Waals surface area contributed by atoms with Crippen LogP contribution in [-0.2, 0) is 4.74 Å². The molecule has 2 N–H and O–H groups in total. The van der Waals surface area contributed by atoms with Crippen LogP contribution in [-0.4, -0.2) is 17.7 Å². The first-order valence-corrected chi connectivity index (χ1v) is 7.98. The van der Waals surface area contributed by atoms with Gasteiger partial charge in [-0.25, -0.2) is 4.79 Å². The summed E-state index contributed by atoms with van der Waals surface area (Å²) in [7, 11) is 0. The van der Waals surface area contributed by atoms with Crippen molar-refractivity contribution in [2.24, 2.45) is 0 Å². The van der Waals surface area contributed by atoms with Crippen molar-refractivity contribution in [3.8, 4) is 6.07 Å². The van der Waals surface area contributed by atoms with Gasteiger partial charge in [0.2, 0.25) is 5.78 Å². The number of nitriles is 1. The fourth-order valence-electron chi connectivity index (χ4n) is 1.71. The molecule has 0 saturated heterocycles. The van der Waals surface area contributed by atoms with Crippen LogP contribution in [0.4, 0.5) is 10.5 Å². The van der Waals surface area contributed by atoms with Gasteiger partial charge in [0.25, 0.3) is 0 Å². The second kappa shape index (κ2) is 7.11. The van der Waals surface area contributed by atoms with Crippen molar-refractivity contribution in [1.82, 2.24) is 0 Å². The lowest BCUT2D eigenvalue weighted by atomic mass is 10.1. The lowest BCUT2D eigenvalue weighted by Gasteiger charge is -1.98. The summed E-state index contributed by atoms with van der Waals surface area (Å²) in [4.78, 5) is 24.3. The van der Waals surface area contributed by atoms with Gasteiger partial charge in [0.05, 0.1) is 16.5 Å². The van der Waals surface area contributed by atoms with Gasteiger partial charge < -0.3 is 10.5 Å². The summed E-state index contributed by atoms with van der Waals surface area (Å²) in [5, 5.41) is 8.68. The van der Waals surface area contributed by atoms with E-state index in [-0.39, 0.29) is 28.5 Å². The first-order chi connectivity index (χ1) is 10.6. The highest BCUT2D eigenvalue weighted by Gasteiger charge is 2.24. The molecular weight excluding hydrogens is 320 g/mol. The van der Waals surface area contributed by atoms with Gasteiger partial charge in [0, 0.05) is 17.3 Å². The van der Waals surface area contributed by atoms with Crippen molar-refractivity contribution in [1.29, 1.82) is 5.26 Å². The molecule has 1 heterocycles. The molecule has 2 aromatic rings. The van der Waals surface area contributed by atoms with Gasteiger partial charge in [-0.1, -0.05) is 30.3 Å². The first-order valence-electron chi connectivity index (χ1n) is 6.35. The highest BCUT2D eigenvalue weighted by atomic mass is 32.2. The Hall–Kier alpha value is -2.30. The van der Waals surface area contributed by atoms with Gasteiger partial charge in [-0.15, -0.1) is 11.3 Å². The fraction of sp³-hybridized carbons (Fsp3) is 0.133. The highest BCUT2D eigenvalue weighted by molar-refractivity contribution is 8.14. The maximum atomic E-state index is 12.5. The topological polar surface area (TPSA) is 93.2 Å². The number of thiophene rings is 1. The van der Waals surface area contributed by atoms with E-state index >= 15 is 0 Å². The molecule has 5 nitrogen and oxygen atoms in total. The van der Waals surface area contributed by atoms with Gasteiger partial charge >= 0.3 is 5.30 Å². The fourth-order valence-corrected chi connectivity index (χ4v) is 3.78. The normalized spacial score (nSPS) is 10.0. The molecule has 0 aliphatic rings. The average Bonchev–Trinajstić information content (AvgIpc) is 2.83. The maximum absolute atomic E-state index is 12.5. The average molecular weight is 332 g/mol. The van der Waals surface area contributed by atoms with E-state index in [2.05, 4.69) is 0 Å². The third-order valence-corrected chi connectivity index (χ3v) is 4.88. The summed E-state index contributed by atoms with van der Waals surface area (Å²) >= 11 is 1.80. The molecule has 0 aliphatic carbocycles. The van der Waals surface area contributed by atoms with Gasteiger partial charge in [0.15, 0.2) is 0 Å². The van der Waals surface area contributed by atoms with Crippen molar-refractivity contribution < 1.29 is 14.3 Å². The standard InChI is InChI=1S/C15H12N2O3S2/c1-2-20-15(19)22-14-10(8-16)11(17)13(21-14)12(18)9-6-4-3-5-7-9/h3-7H,2,17H2,1H3. The minimum atomic E-state index is -0.529. The number of carbonyl (C=O) groups is 2. The van der Waals surface area contributed by atoms with E-state index in [0.717, 1.165) is 23.1 Å². The van der Waals surface area contributed by atoms with E-state index in [1.54, 1.807) is 37.3 Å². The van der Waals surface area contributed by atoms with E-state index in [4.69, 9.17) is 10.5 Å². The quantitative estimate of drug-likeness (QED) is 0.521. The molecule has 0 fully saturated rings. The third kappa shape index (κ3) is 3.30. The Morgan fingerprint density at radius 3 is 2.64 bits per heavy atom. The van der Waals surface area contributed by atoms with Crippen LogP contribution in [0.2, 0.25) is 0 Å². The molecule has 7 heteroatoms. The number of hydrogen-bond donors (Lipinski definition) is 1. The summed E-state index contributed by atoms with van der Waals surface area (Å²) in [6.07, 6.45) is 0. The largest absolute Gasteiger partial charge is 0.458 e. The molecular formula is C15H12N2O3S2. The van der Waals surface area contributed by atoms with E-state index in [9.17, 15) is 14.9 Å². The molecule has 1 aromatic carbocycles. The summed E-state index contributed by atoms with van der Waals surface area (Å²) in [5.41, 5.74) is 6.63. The molecule has 2 rings (SSSR count). The van der Waals surface area contributed by atoms with E-state index in [0.29, 0.717) is 9.77 Å². The number of nitrogens with zero attached hydrogens (tertiary/aromatic N) is 1. The van der Waals surface area contributed by atoms with E-state index in [1.807, 2.05) is 6.07 Å². The lowest BCUT2D eigenvalue weighted by Crippen LogP contribution is -2.02. The van der Waals surface area contributed by atoms with Crippen LogP contribution < -0.4 is 5.73 Å². The number of nitrogens with two attached hydrogens (primary N) is 1. The Bertz CT molecular complexity index is 748. The van der Waals surface area contributed by atoms with Gasteiger partial charge in [-0.2, -0.15) is 5.26 Å². The van der Waals surface area contributed by atoms with Crippen LogP contribution in [0.15, 0.2) is 34.5 Å². The number of hydrogen-bond acceptors (Lipinski definition) is 7. The Kier molecular flexibility index (Phi) is 5.20. The van der Waals surface area contributed by atoms with E-state index < -0.39 is 5.30 Å². The van der Waals surface area contributed by atoms with Crippen molar-refractivity contribution in [2.75, 3.05) is 12.3 Å². The van der Waals surface area contributed by atoms with Crippen LogP contribution >= 0.6 is 23.1 Å². The van der Waals surface area contributed by atoms with Crippen LogP contribution in [0.3, 0.4) is 0 Å². The number of rotatable bonds is 4. The van der Waals surface area contributed by atoms with Crippen molar-refractivity contribution in [3.63, 3.8) is 0 Å². The number of nitrogen functional groups attached to an aromatic ring is 1. The number of ether oxygens (including phenoxy) is 1. The number of benzene rings is 1. The molecule has 0 amide bonds. The number of ketones is 1. The zero-order chi connectivity index (χ0) is 16.1. The van der Waals surface area contributed by atoms with E-state index in [1.165, 1.54) is 0 Å². The van der Waals surface area contributed by atoms with Crippen LogP contribution in [0.5, 0.6) is 0 Å². The van der Waals surface area contributed by atoms with Crippen LogP contribution in [0, 0.1) is 11.3 Å². The number of thioether (sulfide) groups is 1. The second-order valence-electron chi connectivity index (χ2n) is 4.10. The highest BCUT2D eigenvalue weighted by Crippen LogP contribution is 2.39. The Morgan fingerprint density at radius 2 is 2.05 bits per heavy atom. The summed E-state index contributed by atoms with van der Waals surface area (Å²) in [6, 6.07) is 10.6. The molecule has 22 heavy (non-hydrogen) atoms. The maximum Gasteiger partial charge on any atom is 0.372 e. The second-order valence-corrected chi connectivity index (χ2v) is 6.32. The minimum Gasteiger partial charge on any atom is -0.458 e. The van der Waals surface area contributed by atoms with Crippen molar-refractivity contribution in [2.45, 2.75) is 11.1 Å². The minimum absolute atomic E-state index is 0.105. The molecule has 0 atom stereocenters. The molecule has 1 aromatic heterocycles. The number of carbonyl (C=O) groups excluding carboxylic acids is 2. The third-order valence-electron chi connectivity index (χ3n) is 2.71. The molecule has 0 spiro atoms. The van der Waals surface area contributed by atoms with Crippen molar-refractivity contribution in [3.05, 3.63) is 46.3 Å². The SMILES string of the molecule is CCOC(=O)Sc1sc(C(=O)c2ccccc2)c(N)c1C#N. The monoisotopic (exact) mass is 332 g/mol. The Labute approximate surface area is 135 Å². The van der Waals surface area contributed by atoms with Gasteiger partial charge in [0.1, 0.15) is 16.5 Å². The Balaban J connectivity index is 2.38. The van der Waals surface area contributed by atoms with Crippen LogP contribution in [0.1, 0.15) is 27.7 Å². The predicted molar refractivity (Wildman–Crippen MR) is 86.2 cm³/mol. The molecule has 0 bridgehead atoms. The summed E-state index contributed by atoms with van der Waals surface area (Å²) in [6.45, 7) is 1.93. The smallest absolute Gasteiger partial charge is 0.372 e. The molecule has 112 valence electrons. The van der Waals surface area contributed by atoms with Crippen LogP contribution in [0.25, 0.3) is 0 Å². The molecule has 0 unspecified atom stereocenters. The van der Waals surface area contributed by atoms with Crippen molar-refractivity contribution >= 4 is 39.9 Å². The molecule has 0 radical (unpaired) electrons. The Morgan fingerprint density at radius 1 is 1.36 bits per heavy atom. The first kappa shape index (κ1) is 16.1. The lowest BCUT2D eigenvalue weighted by molar-refractivity contribution is 0.104. The molecule has 0 saturated carbocycles. The summed E-state index contributed by atoms with van der Waals surface area (Å²) in [5.74, 6) is -0.268. The number of anilines is 1. The zero-order valence-corrected chi connectivity index (χ0v) is 13.3. The summed E-state index contributed by atoms with van der Waals surface area (Å²) < 4.78 is 5.21. The van der Waals surface area contributed by atoms with Gasteiger partial charge in [-0.3, -0.25) is 4.79 Å². The zero-order valence-electron chi connectivity index (χ0n) is 11.7.